The maximum Gasteiger partial charge on any atom is 0.133 e. The van der Waals surface area contributed by atoms with E-state index in [0.717, 1.165) is 17.1 Å². The maximum absolute atomic E-state index is 3.95. The van der Waals surface area contributed by atoms with Gasteiger partial charge in [0.25, 0.3) is 0 Å². The van der Waals surface area contributed by atoms with E-state index in [4.69, 9.17) is 0 Å². The molecule has 0 heterocycles. The van der Waals surface area contributed by atoms with Crippen LogP contribution in [0.3, 0.4) is 0 Å². The van der Waals surface area contributed by atoms with Crippen LogP contribution in [0.25, 0.3) is 0 Å². The average Bonchev–Trinajstić information content (AvgIpc) is 2.41. The van der Waals surface area contributed by atoms with Gasteiger partial charge in [-0.15, -0.1) is 0 Å². The molecule has 1 atom stereocenters. The van der Waals surface area contributed by atoms with Gasteiger partial charge < -0.3 is 17.0 Å². The molecule has 18 heavy (non-hydrogen) atoms. The first kappa shape index (κ1) is 15.5. The highest BCUT2D eigenvalue weighted by Crippen LogP contribution is 2.32. The molecule has 0 radical (unpaired) electrons. The van der Waals surface area contributed by atoms with Crippen LogP contribution in [0, 0.1) is 0 Å². The molecule has 0 unspecified atom stereocenters. The molecule has 1 aliphatic rings. The molecule has 0 bridgehead atoms. The number of nitrogens with zero attached hydrogens (tertiary/aromatic N) is 1. The second-order valence-corrected chi connectivity index (χ2v) is 5.37. The van der Waals surface area contributed by atoms with Crippen molar-refractivity contribution in [2.24, 2.45) is 0 Å². The summed E-state index contributed by atoms with van der Waals surface area (Å²) in [5, 5.41) is 0. The molecule has 1 aliphatic carbocycles. The third-order valence-corrected chi connectivity index (χ3v) is 4.24. The molecule has 0 aromatic heterocycles. The van der Waals surface area contributed by atoms with Gasteiger partial charge in [-0.2, -0.15) is 0 Å². The van der Waals surface area contributed by atoms with Gasteiger partial charge in [-0.1, -0.05) is 31.2 Å². The highest BCUT2D eigenvalue weighted by atomic mass is 79.9. The Kier molecular flexibility index (Phi) is 6.10. The van der Waals surface area contributed by atoms with Crippen molar-refractivity contribution in [3.05, 3.63) is 43.0 Å². The molecule has 0 N–H and O–H groups in total. The molecular formula is C16H24BrN. The highest BCUT2D eigenvalue weighted by molar-refractivity contribution is 5.43. The lowest BCUT2D eigenvalue weighted by molar-refractivity contribution is -0.00000357. The molecule has 0 saturated heterocycles. The molecule has 0 aliphatic heterocycles. The fourth-order valence-corrected chi connectivity index (χ4v) is 3.15. The van der Waals surface area contributed by atoms with Gasteiger partial charge >= 0.3 is 0 Å². The Morgan fingerprint density at radius 3 is 2.33 bits per heavy atom. The van der Waals surface area contributed by atoms with Crippen LogP contribution in [0.15, 0.2) is 43.0 Å². The van der Waals surface area contributed by atoms with E-state index in [2.05, 4.69) is 50.0 Å². The highest BCUT2D eigenvalue weighted by Gasteiger charge is 2.34. The van der Waals surface area contributed by atoms with Crippen LogP contribution in [0.2, 0.25) is 0 Å². The van der Waals surface area contributed by atoms with Crippen molar-refractivity contribution >= 4 is 5.69 Å². The van der Waals surface area contributed by atoms with Crippen molar-refractivity contribution < 1.29 is 17.0 Å². The monoisotopic (exact) mass is 309 g/mol. The van der Waals surface area contributed by atoms with Gasteiger partial charge in [-0.3, -0.25) is 4.48 Å². The number of benzene rings is 1. The van der Waals surface area contributed by atoms with Crippen molar-refractivity contribution in [1.29, 1.82) is 0 Å². The number of rotatable bonds is 4. The summed E-state index contributed by atoms with van der Waals surface area (Å²) in [7, 11) is 2.37. The van der Waals surface area contributed by atoms with Gasteiger partial charge in [-0.25, -0.2) is 0 Å². The first-order valence-corrected chi connectivity index (χ1v) is 6.79. The van der Waals surface area contributed by atoms with E-state index in [1.807, 2.05) is 0 Å². The zero-order chi connectivity index (χ0) is 12.1. The van der Waals surface area contributed by atoms with E-state index in [-0.39, 0.29) is 17.0 Å². The molecule has 2 heteroatoms. The predicted octanol–water partition coefficient (Wildman–Crippen LogP) is 1.15. The van der Waals surface area contributed by atoms with Crippen molar-refractivity contribution in [2.45, 2.75) is 38.1 Å². The zero-order valence-electron chi connectivity index (χ0n) is 11.3. The average molecular weight is 310 g/mol. The van der Waals surface area contributed by atoms with E-state index >= 15 is 0 Å². The molecule has 0 spiro atoms. The minimum atomic E-state index is 0. The molecule has 1 aromatic carbocycles. The quantitative estimate of drug-likeness (QED) is 0.578. The summed E-state index contributed by atoms with van der Waals surface area (Å²) < 4.78 is 1.03. The fraction of sp³-hybridized carbons (Fsp3) is 0.500. The van der Waals surface area contributed by atoms with Crippen molar-refractivity contribution in [3.63, 3.8) is 0 Å². The van der Waals surface area contributed by atoms with Crippen LogP contribution in [0.5, 0.6) is 0 Å². The Hall–Kier alpha value is -0.600. The fourth-order valence-electron chi connectivity index (χ4n) is 3.15. The first-order chi connectivity index (χ1) is 8.27. The lowest BCUT2D eigenvalue weighted by Gasteiger charge is -2.42. The topological polar surface area (TPSA) is 0 Å². The summed E-state index contributed by atoms with van der Waals surface area (Å²) in [6.45, 7) is 4.99. The van der Waals surface area contributed by atoms with Crippen molar-refractivity contribution in [2.75, 3.05) is 13.6 Å². The molecule has 1 aromatic rings. The lowest BCUT2D eigenvalue weighted by atomic mass is 9.92. The normalized spacial score (nSPS) is 19.6. The van der Waals surface area contributed by atoms with Crippen LogP contribution >= 0.6 is 0 Å². The molecule has 0 amide bonds. The number of hydrogen-bond acceptors (Lipinski definition) is 0. The molecular weight excluding hydrogens is 286 g/mol. The smallest absolute Gasteiger partial charge is 0.133 e. The van der Waals surface area contributed by atoms with Gasteiger partial charge in [0.15, 0.2) is 0 Å². The van der Waals surface area contributed by atoms with Crippen molar-refractivity contribution in [3.8, 4) is 0 Å². The summed E-state index contributed by atoms with van der Waals surface area (Å²) in [5.74, 6) is 0. The van der Waals surface area contributed by atoms with Gasteiger partial charge in [-0.05, 0) is 43.9 Å². The molecule has 100 valence electrons. The second-order valence-electron chi connectivity index (χ2n) is 5.37. The standard InChI is InChI=1S/C16H24N.BrH/c1-3-14-17(2,15-10-6-4-7-11-15)16-12-8-5-9-13-16;/h3-4,6-7,10-11,16H,1,5,8-9,12-14H2,2H3;1H/q+1;/p-1/t17-;/m0./s1. The summed E-state index contributed by atoms with van der Waals surface area (Å²) >= 11 is 0. The molecule has 1 saturated carbocycles. The SMILES string of the molecule is C=CC[N@@+](C)(c1ccccc1)C1CCCCC1.[Br-]. The Bertz CT molecular complexity index is 357. The zero-order valence-corrected chi connectivity index (χ0v) is 12.9. The van der Waals surface area contributed by atoms with Crippen LogP contribution < -0.4 is 21.5 Å². The molecule has 1 nitrogen and oxygen atoms in total. The second kappa shape index (κ2) is 7.10. The first-order valence-electron chi connectivity index (χ1n) is 6.79. The Morgan fingerprint density at radius 1 is 1.17 bits per heavy atom. The number of likely N-dealkylation sites (N-methyl/N-ethyl adjacent to an activating group) is 1. The van der Waals surface area contributed by atoms with E-state index < -0.39 is 0 Å². The van der Waals surface area contributed by atoms with Crippen LogP contribution in [-0.4, -0.2) is 19.6 Å². The number of quaternary nitrogens is 1. The number of para-hydroxylation sites is 1. The van der Waals surface area contributed by atoms with Gasteiger partial charge in [0.1, 0.15) is 12.2 Å². The summed E-state index contributed by atoms with van der Waals surface area (Å²) in [5.41, 5.74) is 1.43. The maximum atomic E-state index is 3.95. The Morgan fingerprint density at radius 2 is 1.78 bits per heavy atom. The third kappa shape index (κ3) is 3.24. The lowest BCUT2D eigenvalue weighted by Crippen LogP contribution is -3.00. The summed E-state index contributed by atoms with van der Waals surface area (Å²) in [6, 6.07) is 11.7. The van der Waals surface area contributed by atoms with Crippen LogP contribution in [0.4, 0.5) is 5.69 Å². The van der Waals surface area contributed by atoms with Crippen LogP contribution in [0.1, 0.15) is 32.1 Å². The molecule has 1 fully saturated rings. The van der Waals surface area contributed by atoms with Crippen LogP contribution in [-0.2, 0) is 0 Å². The predicted molar refractivity (Wildman–Crippen MR) is 76.1 cm³/mol. The van der Waals surface area contributed by atoms with E-state index in [1.165, 1.54) is 37.8 Å². The Labute approximate surface area is 122 Å². The largest absolute Gasteiger partial charge is 1.00 e. The number of halogens is 1. The minimum Gasteiger partial charge on any atom is -1.00 e. The van der Waals surface area contributed by atoms with Crippen molar-refractivity contribution in [1.82, 2.24) is 4.48 Å². The van der Waals surface area contributed by atoms with Gasteiger partial charge in [0.2, 0.25) is 0 Å². The van der Waals surface area contributed by atoms with Gasteiger partial charge in [0, 0.05) is 0 Å². The Balaban J connectivity index is 0.00000162. The third-order valence-electron chi connectivity index (χ3n) is 4.24. The van der Waals surface area contributed by atoms with Gasteiger partial charge in [0.05, 0.1) is 13.1 Å². The summed E-state index contributed by atoms with van der Waals surface area (Å²) in [4.78, 5) is 0. The van der Waals surface area contributed by atoms with E-state index in [1.54, 1.807) is 0 Å². The minimum absolute atomic E-state index is 0. The molecule has 2 rings (SSSR count). The van der Waals surface area contributed by atoms with E-state index in [9.17, 15) is 0 Å². The summed E-state index contributed by atoms with van der Waals surface area (Å²) in [6.07, 6.45) is 8.99. The van der Waals surface area contributed by atoms with E-state index in [0.29, 0.717) is 0 Å². The number of hydrogen-bond donors (Lipinski definition) is 0.